The van der Waals surface area contributed by atoms with E-state index < -0.39 is 22.6 Å². The average Bonchev–Trinajstić information content (AvgIpc) is 2.74. The number of hydrogen-bond donors (Lipinski definition) is 1. The van der Waals surface area contributed by atoms with Crippen LogP contribution in [0.5, 0.6) is 0 Å². The van der Waals surface area contributed by atoms with Crippen molar-refractivity contribution in [3.05, 3.63) is 45.1 Å². The van der Waals surface area contributed by atoms with Gasteiger partial charge in [-0.1, -0.05) is 23.7 Å². The molecule has 1 N–H and O–H groups in total. The highest BCUT2D eigenvalue weighted by molar-refractivity contribution is 7.11. The van der Waals surface area contributed by atoms with Gasteiger partial charge in [-0.05, 0) is 17.7 Å². The third kappa shape index (κ3) is 2.74. The van der Waals surface area contributed by atoms with Crippen molar-refractivity contribution in [1.29, 1.82) is 0 Å². The molecule has 0 saturated heterocycles. The van der Waals surface area contributed by atoms with Gasteiger partial charge in [-0.2, -0.15) is 13.2 Å². The molecule has 0 fully saturated rings. The molecule has 100 valence electrons. The zero-order chi connectivity index (χ0) is 14.2. The molecule has 0 atom stereocenters. The summed E-state index contributed by atoms with van der Waals surface area (Å²) in [5.74, 6) is -1.60. The molecule has 0 bridgehead atoms. The topological polar surface area (TPSA) is 37.3 Å². The summed E-state index contributed by atoms with van der Waals surface area (Å²) in [4.78, 5) is 9.96. The summed E-state index contributed by atoms with van der Waals surface area (Å²) in [5.41, 5.74) is -0.296. The summed E-state index contributed by atoms with van der Waals surface area (Å²) in [5, 5.41) is 10.6. The molecular weight excluding hydrogens is 301 g/mol. The van der Waals surface area contributed by atoms with Gasteiger partial charge in [0, 0.05) is 16.0 Å². The molecule has 19 heavy (non-hydrogen) atoms. The molecule has 7 heteroatoms. The maximum absolute atomic E-state index is 12.7. The molecule has 2 rings (SSSR count). The number of alkyl halides is 3. The molecule has 0 aliphatic heterocycles. The van der Waals surface area contributed by atoms with E-state index in [0.717, 1.165) is 0 Å². The van der Waals surface area contributed by atoms with Crippen molar-refractivity contribution in [2.75, 3.05) is 0 Å². The van der Waals surface area contributed by atoms with Crippen LogP contribution in [0.4, 0.5) is 13.2 Å². The highest BCUT2D eigenvalue weighted by atomic mass is 35.5. The first-order chi connectivity index (χ1) is 8.80. The molecule has 0 saturated carbocycles. The monoisotopic (exact) mass is 306 g/mol. The van der Waals surface area contributed by atoms with Crippen LogP contribution in [-0.4, -0.2) is 11.1 Å². The Morgan fingerprint density at radius 2 is 1.79 bits per heavy atom. The number of benzene rings is 1. The Kier molecular flexibility index (Phi) is 3.56. The van der Waals surface area contributed by atoms with Crippen molar-refractivity contribution in [2.45, 2.75) is 6.18 Å². The lowest BCUT2D eigenvalue weighted by Crippen LogP contribution is -2.10. The van der Waals surface area contributed by atoms with E-state index in [1.807, 2.05) is 0 Å². The smallest absolute Gasteiger partial charge is 0.426 e. The molecular formula is C12H6ClF3O2S. The Balaban J connectivity index is 2.62. The van der Waals surface area contributed by atoms with Gasteiger partial charge in [-0.15, -0.1) is 11.3 Å². The Labute approximate surface area is 115 Å². The fourth-order valence-corrected chi connectivity index (χ4v) is 2.69. The maximum Gasteiger partial charge on any atom is 0.426 e. The number of halogens is 4. The summed E-state index contributed by atoms with van der Waals surface area (Å²) >= 11 is 6.06. The number of carboxylic acids is 1. The Morgan fingerprint density at radius 1 is 1.21 bits per heavy atom. The van der Waals surface area contributed by atoms with Crippen LogP contribution < -0.4 is 0 Å². The second-order valence-electron chi connectivity index (χ2n) is 3.66. The summed E-state index contributed by atoms with van der Waals surface area (Å²) in [7, 11) is 0. The van der Waals surface area contributed by atoms with E-state index in [-0.39, 0.29) is 5.56 Å². The standard InChI is InChI=1S/C12H6ClF3O2S/c13-7-3-1-6(2-4-7)8-5-19-10(12(14,15)16)9(8)11(17)18/h1-5H,(H,17,18). The fourth-order valence-electron chi connectivity index (χ4n) is 1.62. The van der Waals surface area contributed by atoms with Crippen LogP contribution in [0.25, 0.3) is 11.1 Å². The molecule has 1 aromatic carbocycles. The second kappa shape index (κ2) is 4.86. The number of aromatic carboxylic acids is 1. The quantitative estimate of drug-likeness (QED) is 0.866. The lowest BCUT2D eigenvalue weighted by Gasteiger charge is -2.06. The minimum absolute atomic E-state index is 0.0430. The van der Waals surface area contributed by atoms with Crippen molar-refractivity contribution in [3.63, 3.8) is 0 Å². The van der Waals surface area contributed by atoms with E-state index in [4.69, 9.17) is 16.7 Å². The number of carboxylic acid groups (broad SMARTS) is 1. The molecule has 2 aromatic rings. The van der Waals surface area contributed by atoms with Crippen molar-refractivity contribution in [1.82, 2.24) is 0 Å². The van der Waals surface area contributed by atoms with Gasteiger partial charge in [0.05, 0.1) is 5.56 Å². The van der Waals surface area contributed by atoms with E-state index in [9.17, 15) is 18.0 Å². The third-order valence-corrected chi connectivity index (χ3v) is 3.69. The molecule has 1 aromatic heterocycles. The predicted molar refractivity (Wildman–Crippen MR) is 66.7 cm³/mol. The van der Waals surface area contributed by atoms with E-state index in [1.165, 1.54) is 29.6 Å². The van der Waals surface area contributed by atoms with Crippen molar-refractivity contribution >= 4 is 28.9 Å². The van der Waals surface area contributed by atoms with Crippen LogP contribution in [0.3, 0.4) is 0 Å². The fraction of sp³-hybridized carbons (Fsp3) is 0.0833. The molecule has 2 nitrogen and oxygen atoms in total. The SMILES string of the molecule is O=C(O)c1c(-c2ccc(Cl)cc2)csc1C(F)(F)F. The van der Waals surface area contributed by atoms with Gasteiger partial charge in [0.25, 0.3) is 0 Å². The van der Waals surface area contributed by atoms with Crippen LogP contribution in [0.15, 0.2) is 29.6 Å². The van der Waals surface area contributed by atoms with Crippen molar-refractivity contribution in [3.8, 4) is 11.1 Å². The number of thiophene rings is 1. The first-order valence-corrected chi connectivity index (χ1v) is 6.24. The number of hydrogen-bond acceptors (Lipinski definition) is 2. The molecule has 0 aliphatic rings. The highest BCUT2D eigenvalue weighted by Crippen LogP contribution is 2.41. The molecule has 0 radical (unpaired) electrons. The van der Waals surface area contributed by atoms with Gasteiger partial charge >= 0.3 is 12.1 Å². The number of carbonyl (C=O) groups is 1. The van der Waals surface area contributed by atoms with Gasteiger partial charge in [-0.25, -0.2) is 4.79 Å². The van der Waals surface area contributed by atoms with Crippen LogP contribution in [-0.2, 0) is 6.18 Å². The summed E-state index contributed by atoms with van der Waals surface area (Å²) < 4.78 is 38.2. The molecule has 0 amide bonds. The van der Waals surface area contributed by atoms with E-state index in [1.54, 1.807) is 0 Å². The van der Waals surface area contributed by atoms with Gasteiger partial charge in [0.2, 0.25) is 0 Å². The Morgan fingerprint density at radius 3 is 2.26 bits per heavy atom. The third-order valence-electron chi connectivity index (χ3n) is 2.42. The van der Waals surface area contributed by atoms with Gasteiger partial charge in [0.1, 0.15) is 4.88 Å². The zero-order valence-electron chi connectivity index (χ0n) is 9.16. The maximum atomic E-state index is 12.7. The van der Waals surface area contributed by atoms with E-state index in [2.05, 4.69) is 0 Å². The molecule has 0 aliphatic carbocycles. The summed E-state index contributed by atoms with van der Waals surface area (Å²) in [6.07, 6.45) is -4.68. The number of rotatable bonds is 2. The minimum atomic E-state index is -4.68. The van der Waals surface area contributed by atoms with Crippen LogP contribution in [0, 0.1) is 0 Å². The van der Waals surface area contributed by atoms with Crippen LogP contribution >= 0.6 is 22.9 Å². The zero-order valence-corrected chi connectivity index (χ0v) is 10.7. The lowest BCUT2D eigenvalue weighted by atomic mass is 10.0. The molecule has 1 heterocycles. The van der Waals surface area contributed by atoms with Crippen LogP contribution in [0.1, 0.15) is 15.2 Å². The van der Waals surface area contributed by atoms with Crippen LogP contribution in [0.2, 0.25) is 5.02 Å². The minimum Gasteiger partial charge on any atom is -0.478 e. The Hall–Kier alpha value is -1.53. The largest absolute Gasteiger partial charge is 0.478 e. The lowest BCUT2D eigenvalue weighted by molar-refractivity contribution is -0.134. The first kappa shape index (κ1) is 13.9. The normalized spacial score (nSPS) is 11.6. The van der Waals surface area contributed by atoms with Crippen molar-refractivity contribution < 1.29 is 23.1 Å². The van der Waals surface area contributed by atoms with Gasteiger partial charge in [0.15, 0.2) is 0 Å². The highest BCUT2D eigenvalue weighted by Gasteiger charge is 2.38. The van der Waals surface area contributed by atoms with Crippen molar-refractivity contribution in [2.24, 2.45) is 0 Å². The van der Waals surface area contributed by atoms with Gasteiger partial charge in [-0.3, -0.25) is 0 Å². The summed E-state index contributed by atoms with van der Waals surface area (Å²) in [6, 6.07) is 5.95. The molecule has 0 unspecified atom stereocenters. The Bertz CT molecular complexity index is 617. The van der Waals surface area contributed by atoms with Gasteiger partial charge < -0.3 is 5.11 Å². The second-order valence-corrected chi connectivity index (χ2v) is 4.98. The first-order valence-electron chi connectivity index (χ1n) is 4.98. The molecule has 0 spiro atoms. The van der Waals surface area contributed by atoms with E-state index in [0.29, 0.717) is 21.9 Å². The predicted octanol–water partition coefficient (Wildman–Crippen LogP) is 4.79. The summed E-state index contributed by atoms with van der Waals surface area (Å²) in [6.45, 7) is 0. The van der Waals surface area contributed by atoms with E-state index >= 15 is 0 Å². The average molecular weight is 307 g/mol.